The molecule has 2 aliphatic heterocycles. The van der Waals surface area contributed by atoms with Crippen molar-refractivity contribution in [3.8, 4) is 6.07 Å². The minimum Gasteiger partial charge on any atom is -0.380 e. The molecule has 2 fully saturated rings. The number of benzene rings is 1. The molecule has 2 aliphatic rings. The van der Waals surface area contributed by atoms with Crippen LogP contribution in [0, 0.1) is 17.1 Å². The summed E-state index contributed by atoms with van der Waals surface area (Å²) in [6.45, 7) is 2.60. The van der Waals surface area contributed by atoms with Crippen LogP contribution in [-0.4, -0.2) is 59.0 Å². The van der Waals surface area contributed by atoms with Gasteiger partial charge < -0.3 is 10.2 Å². The Morgan fingerprint density at radius 1 is 1.33 bits per heavy atom. The van der Waals surface area contributed by atoms with Crippen LogP contribution in [0.5, 0.6) is 0 Å². The van der Waals surface area contributed by atoms with Gasteiger partial charge in [-0.25, -0.2) is 4.39 Å². The average molecular weight is 367 g/mol. The molecule has 0 bridgehead atoms. The summed E-state index contributed by atoms with van der Waals surface area (Å²) in [5.74, 6) is -0.288. The zero-order chi connectivity index (χ0) is 18.8. The van der Waals surface area contributed by atoms with Crippen LogP contribution >= 0.6 is 0 Å². The molecule has 2 aromatic rings. The third kappa shape index (κ3) is 3.58. The highest BCUT2D eigenvalue weighted by molar-refractivity contribution is 5.91. The smallest absolute Gasteiger partial charge is 0.237 e. The normalized spacial score (nSPS) is 22.9. The molecular formula is C20H22FN5O. The van der Waals surface area contributed by atoms with Gasteiger partial charge in [-0.15, -0.1) is 0 Å². The molecule has 2 saturated heterocycles. The summed E-state index contributed by atoms with van der Waals surface area (Å²) in [5.41, 5.74) is 1.23. The molecule has 27 heavy (non-hydrogen) atoms. The molecule has 1 aromatic heterocycles. The number of likely N-dealkylation sites (tertiary alicyclic amines) is 2. The maximum atomic E-state index is 13.9. The molecule has 1 unspecified atom stereocenters. The first-order chi connectivity index (χ1) is 13.2. The van der Waals surface area contributed by atoms with Gasteiger partial charge in [0.2, 0.25) is 5.91 Å². The summed E-state index contributed by atoms with van der Waals surface area (Å²) in [5, 5.41) is 13.4. The number of nitrogens with zero attached hydrogens (tertiary/aromatic N) is 4. The van der Waals surface area contributed by atoms with Crippen molar-refractivity contribution >= 4 is 22.5 Å². The van der Waals surface area contributed by atoms with Crippen LogP contribution in [0.25, 0.3) is 10.9 Å². The van der Waals surface area contributed by atoms with Crippen molar-refractivity contribution in [2.75, 3.05) is 31.5 Å². The molecule has 0 aliphatic carbocycles. The minimum atomic E-state index is -0.326. The van der Waals surface area contributed by atoms with Crippen molar-refractivity contribution in [2.24, 2.45) is 0 Å². The van der Waals surface area contributed by atoms with Crippen molar-refractivity contribution in [3.63, 3.8) is 0 Å². The second-order valence-electron chi connectivity index (χ2n) is 7.23. The van der Waals surface area contributed by atoms with Crippen LogP contribution < -0.4 is 5.32 Å². The Hall–Kier alpha value is -2.72. The Morgan fingerprint density at radius 2 is 2.22 bits per heavy atom. The maximum absolute atomic E-state index is 13.9. The van der Waals surface area contributed by atoms with E-state index in [1.807, 2.05) is 6.07 Å². The third-order valence-electron chi connectivity index (χ3n) is 5.43. The van der Waals surface area contributed by atoms with Gasteiger partial charge in [-0.3, -0.25) is 14.7 Å². The van der Waals surface area contributed by atoms with Crippen molar-refractivity contribution in [3.05, 3.63) is 36.3 Å². The van der Waals surface area contributed by atoms with Gasteiger partial charge in [0.1, 0.15) is 17.4 Å². The largest absolute Gasteiger partial charge is 0.380 e. The zero-order valence-electron chi connectivity index (χ0n) is 15.1. The van der Waals surface area contributed by atoms with Gasteiger partial charge in [0.05, 0.1) is 12.6 Å². The van der Waals surface area contributed by atoms with Gasteiger partial charge in [0.25, 0.3) is 0 Å². The number of carbonyl (C=O) groups excluding carboxylic acids is 1. The fourth-order valence-corrected chi connectivity index (χ4v) is 4.06. The molecule has 1 amide bonds. The lowest BCUT2D eigenvalue weighted by Crippen LogP contribution is -2.42. The molecule has 0 spiro atoms. The van der Waals surface area contributed by atoms with Crippen LogP contribution in [0.4, 0.5) is 10.1 Å². The van der Waals surface area contributed by atoms with E-state index in [1.165, 1.54) is 6.07 Å². The predicted octanol–water partition coefficient (Wildman–Crippen LogP) is 2.37. The number of amides is 1. The van der Waals surface area contributed by atoms with Crippen LogP contribution in [-0.2, 0) is 4.79 Å². The highest BCUT2D eigenvalue weighted by Crippen LogP contribution is 2.26. The lowest BCUT2D eigenvalue weighted by atomic mass is 10.1. The summed E-state index contributed by atoms with van der Waals surface area (Å²) in [6, 6.07) is 8.98. The number of halogens is 1. The van der Waals surface area contributed by atoms with Crippen molar-refractivity contribution in [1.82, 2.24) is 14.8 Å². The Labute approximate surface area is 157 Å². The van der Waals surface area contributed by atoms with E-state index in [9.17, 15) is 9.18 Å². The maximum Gasteiger partial charge on any atom is 0.237 e. The van der Waals surface area contributed by atoms with Gasteiger partial charge in [-0.2, -0.15) is 5.26 Å². The van der Waals surface area contributed by atoms with Gasteiger partial charge in [-0.1, -0.05) is 0 Å². The van der Waals surface area contributed by atoms with E-state index in [2.05, 4.69) is 21.3 Å². The summed E-state index contributed by atoms with van der Waals surface area (Å²) in [6.07, 6.45) is 4.18. The first-order valence-electron chi connectivity index (χ1n) is 9.37. The number of aromatic nitrogens is 1. The minimum absolute atomic E-state index is 0.0381. The highest BCUT2D eigenvalue weighted by atomic mass is 19.1. The van der Waals surface area contributed by atoms with Crippen LogP contribution in [0.2, 0.25) is 0 Å². The standard InChI is InChI=1S/C20H22FN5O/c21-17-5-6-18(16-4-1-8-23-20(16)17)24-14-7-10-25(12-14)13-19(27)26-9-2-3-15(26)11-22/h1,4-6,8,14-15,24H,2-3,7,9-10,12-13H2/t14-,15?/m0/s1. The number of rotatable bonds is 4. The van der Waals surface area contributed by atoms with E-state index in [0.717, 1.165) is 43.4 Å². The quantitative estimate of drug-likeness (QED) is 0.898. The predicted molar refractivity (Wildman–Crippen MR) is 101 cm³/mol. The summed E-state index contributed by atoms with van der Waals surface area (Å²) in [7, 11) is 0. The summed E-state index contributed by atoms with van der Waals surface area (Å²) < 4.78 is 13.9. The van der Waals surface area contributed by atoms with Crippen LogP contribution in [0.3, 0.4) is 0 Å². The molecule has 7 heteroatoms. The SMILES string of the molecule is N#CC1CCCN1C(=O)CN1CC[C@H](Nc2ccc(F)c3ncccc23)C1. The first-order valence-corrected chi connectivity index (χ1v) is 9.37. The second kappa shape index (κ2) is 7.49. The zero-order valence-corrected chi connectivity index (χ0v) is 15.1. The fraction of sp³-hybridized carbons (Fsp3) is 0.450. The molecule has 0 saturated carbocycles. The molecular weight excluding hydrogens is 345 g/mol. The van der Waals surface area contributed by atoms with Gasteiger partial charge in [0, 0.05) is 42.9 Å². The Bertz CT molecular complexity index is 896. The van der Waals surface area contributed by atoms with E-state index in [1.54, 1.807) is 23.2 Å². The molecule has 3 heterocycles. The van der Waals surface area contributed by atoms with Gasteiger partial charge in [0.15, 0.2) is 0 Å². The number of pyridine rings is 1. The number of nitrogens with one attached hydrogen (secondary N) is 1. The molecule has 6 nitrogen and oxygen atoms in total. The summed E-state index contributed by atoms with van der Waals surface area (Å²) >= 11 is 0. The number of hydrogen-bond acceptors (Lipinski definition) is 5. The second-order valence-corrected chi connectivity index (χ2v) is 7.23. The molecule has 2 atom stereocenters. The van der Waals surface area contributed by atoms with E-state index >= 15 is 0 Å². The van der Waals surface area contributed by atoms with E-state index in [-0.39, 0.29) is 23.8 Å². The fourth-order valence-electron chi connectivity index (χ4n) is 4.06. The van der Waals surface area contributed by atoms with Gasteiger partial charge >= 0.3 is 0 Å². The number of nitriles is 1. The van der Waals surface area contributed by atoms with E-state index in [4.69, 9.17) is 5.26 Å². The molecule has 1 N–H and O–H groups in total. The third-order valence-corrected chi connectivity index (χ3v) is 5.43. The molecule has 140 valence electrons. The average Bonchev–Trinajstić information content (AvgIpc) is 3.33. The van der Waals surface area contributed by atoms with Crippen molar-refractivity contribution in [2.45, 2.75) is 31.3 Å². The summed E-state index contributed by atoms with van der Waals surface area (Å²) in [4.78, 5) is 20.5. The lowest BCUT2D eigenvalue weighted by molar-refractivity contribution is -0.132. The monoisotopic (exact) mass is 367 g/mol. The number of fused-ring (bicyclic) bond motifs is 1. The topological polar surface area (TPSA) is 72.3 Å². The first kappa shape index (κ1) is 17.7. The molecule has 0 radical (unpaired) electrons. The Morgan fingerprint density at radius 3 is 3.07 bits per heavy atom. The number of anilines is 1. The lowest BCUT2D eigenvalue weighted by Gasteiger charge is -2.23. The van der Waals surface area contributed by atoms with Crippen LogP contribution in [0.15, 0.2) is 30.5 Å². The van der Waals surface area contributed by atoms with Crippen molar-refractivity contribution < 1.29 is 9.18 Å². The number of hydrogen-bond donors (Lipinski definition) is 1. The van der Waals surface area contributed by atoms with Gasteiger partial charge in [-0.05, 0) is 43.5 Å². The number of carbonyl (C=O) groups is 1. The molecule has 4 rings (SSSR count). The van der Waals surface area contributed by atoms with Crippen LogP contribution in [0.1, 0.15) is 19.3 Å². The molecule has 1 aromatic carbocycles. The van der Waals surface area contributed by atoms with E-state index < -0.39 is 0 Å². The Kier molecular flexibility index (Phi) is 4.90. The Balaban J connectivity index is 1.39. The highest BCUT2D eigenvalue weighted by Gasteiger charge is 2.31. The van der Waals surface area contributed by atoms with Crippen molar-refractivity contribution in [1.29, 1.82) is 5.26 Å². The van der Waals surface area contributed by atoms with E-state index in [0.29, 0.717) is 18.6 Å².